The highest BCUT2D eigenvalue weighted by Crippen LogP contribution is 2.34. The molecular formula is C19H15ClN2O4S2. The fourth-order valence-electron chi connectivity index (χ4n) is 2.47. The van der Waals surface area contributed by atoms with E-state index in [1.807, 2.05) is 0 Å². The van der Waals surface area contributed by atoms with Gasteiger partial charge in [0.15, 0.2) is 15.8 Å². The van der Waals surface area contributed by atoms with Crippen LogP contribution in [0.25, 0.3) is 6.08 Å². The highest BCUT2D eigenvalue weighted by atomic mass is 35.5. The molecule has 1 N–H and O–H groups in total. The third-order valence-corrected chi connectivity index (χ3v) is 5.46. The highest BCUT2D eigenvalue weighted by molar-refractivity contribution is 8.26. The van der Waals surface area contributed by atoms with Gasteiger partial charge in [0.05, 0.1) is 29.7 Å². The van der Waals surface area contributed by atoms with Crippen molar-refractivity contribution < 1.29 is 19.1 Å². The summed E-state index contributed by atoms with van der Waals surface area (Å²) in [6.45, 7) is 0. The number of benzene rings is 2. The van der Waals surface area contributed by atoms with E-state index in [0.29, 0.717) is 16.4 Å². The van der Waals surface area contributed by atoms with Crippen molar-refractivity contribution in [1.29, 1.82) is 0 Å². The molecule has 144 valence electrons. The maximum Gasteiger partial charge on any atom is 0.285 e. The van der Waals surface area contributed by atoms with Gasteiger partial charge in [0, 0.05) is 0 Å². The van der Waals surface area contributed by atoms with Crippen LogP contribution in [-0.4, -0.2) is 35.4 Å². The van der Waals surface area contributed by atoms with Crippen molar-refractivity contribution >= 4 is 57.8 Å². The molecule has 1 heterocycles. The fourth-order valence-corrected chi connectivity index (χ4v) is 3.87. The second kappa shape index (κ2) is 8.64. The van der Waals surface area contributed by atoms with E-state index in [-0.39, 0.29) is 14.9 Å². The Hall–Kier alpha value is -2.55. The van der Waals surface area contributed by atoms with Gasteiger partial charge in [-0.25, -0.2) is 0 Å². The van der Waals surface area contributed by atoms with Crippen molar-refractivity contribution in [3.8, 4) is 11.5 Å². The van der Waals surface area contributed by atoms with Crippen LogP contribution < -0.4 is 14.9 Å². The van der Waals surface area contributed by atoms with E-state index >= 15 is 0 Å². The van der Waals surface area contributed by atoms with Crippen molar-refractivity contribution in [3.05, 3.63) is 63.5 Å². The van der Waals surface area contributed by atoms with E-state index in [1.54, 1.807) is 55.7 Å². The number of thioether (sulfide) groups is 1. The van der Waals surface area contributed by atoms with E-state index in [2.05, 4.69) is 5.43 Å². The molecule has 1 aliphatic heterocycles. The first kappa shape index (κ1) is 20.2. The lowest BCUT2D eigenvalue weighted by Crippen LogP contribution is -2.44. The van der Waals surface area contributed by atoms with Crippen molar-refractivity contribution in [3.63, 3.8) is 0 Å². The second-order valence-electron chi connectivity index (χ2n) is 5.55. The maximum absolute atomic E-state index is 12.7. The molecule has 1 aliphatic rings. The number of hydrogen-bond acceptors (Lipinski definition) is 6. The van der Waals surface area contributed by atoms with Crippen molar-refractivity contribution in [2.75, 3.05) is 14.2 Å². The molecule has 0 bridgehead atoms. The average molecular weight is 435 g/mol. The standard InChI is InChI=1S/C19H15ClN2O4S2/c1-25-14-8-7-11(9-15(14)26-2)10-16-18(24)22(19(27)28-16)21-17(23)12-5-3-4-6-13(12)20/h3-10H,1-2H3,(H,21,23). The number of rotatable bonds is 5. The SMILES string of the molecule is COc1ccc(C=C2SC(=S)N(NC(=O)c3ccccc3Cl)C2=O)cc1OC. The molecular weight excluding hydrogens is 420 g/mol. The molecule has 2 amide bonds. The number of hydrogen-bond donors (Lipinski definition) is 1. The molecule has 0 spiro atoms. The Bertz CT molecular complexity index is 994. The fraction of sp³-hybridized carbons (Fsp3) is 0.105. The van der Waals surface area contributed by atoms with Gasteiger partial charge in [-0.2, -0.15) is 5.01 Å². The molecule has 9 heteroatoms. The smallest absolute Gasteiger partial charge is 0.285 e. The Morgan fingerprint density at radius 2 is 1.89 bits per heavy atom. The molecule has 0 radical (unpaired) electrons. The van der Waals surface area contributed by atoms with Crippen LogP contribution in [0.4, 0.5) is 0 Å². The predicted octanol–water partition coefficient (Wildman–Crippen LogP) is 3.90. The summed E-state index contributed by atoms with van der Waals surface area (Å²) in [7, 11) is 3.08. The Balaban J connectivity index is 1.81. The van der Waals surface area contributed by atoms with Gasteiger partial charge in [-0.15, -0.1) is 0 Å². The van der Waals surface area contributed by atoms with Gasteiger partial charge in [0.25, 0.3) is 11.8 Å². The van der Waals surface area contributed by atoms with Gasteiger partial charge in [-0.05, 0) is 48.1 Å². The minimum absolute atomic E-state index is 0.220. The lowest BCUT2D eigenvalue weighted by molar-refractivity contribution is -0.123. The average Bonchev–Trinajstić information content (AvgIpc) is 2.95. The van der Waals surface area contributed by atoms with Gasteiger partial charge < -0.3 is 9.47 Å². The Morgan fingerprint density at radius 3 is 2.57 bits per heavy atom. The van der Waals surface area contributed by atoms with Crippen molar-refractivity contribution in [1.82, 2.24) is 10.4 Å². The third kappa shape index (κ3) is 4.14. The number of halogens is 1. The lowest BCUT2D eigenvalue weighted by Gasteiger charge is -2.16. The second-order valence-corrected chi connectivity index (χ2v) is 7.64. The zero-order chi connectivity index (χ0) is 20.3. The summed E-state index contributed by atoms with van der Waals surface area (Å²) in [6, 6.07) is 11.8. The Labute approximate surface area is 176 Å². The molecule has 2 aromatic rings. The lowest BCUT2D eigenvalue weighted by atomic mass is 10.2. The van der Waals surface area contributed by atoms with Gasteiger partial charge in [-0.3, -0.25) is 15.0 Å². The van der Waals surface area contributed by atoms with E-state index in [1.165, 1.54) is 7.11 Å². The number of ether oxygens (including phenoxy) is 2. The first-order valence-electron chi connectivity index (χ1n) is 8.00. The minimum Gasteiger partial charge on any atom is -0.493 e. The number of methoxy groups -OCH3 is 2. The predicted molar refractivity (Wildman–Crippen MR) is 113 cm³/mol. The molecule has 28 heavy (non-hydrogen) atoms. The summed E-state index contributed by atoms with van der Waals surface area (Å²) in [4.78, 5) is 25.5. The first-order valence-corrected chi connectivity index (χ1v) is 9.60. The summed E-state index contributed by atoms with van der Waals surface area (Å²) in [5.41, 5.74) is 3.49. The summed E-state index contributed by atoms with van der Waals surface area (Å²) < 4.78 is 10.7. The molecule has 6 nitrogen and oxygen atoms in total. The Kier molecular flexibility index (Phi) is 6.23. The zero-order valence-electron chi connectivity index (χ0n) is 14.9. The summed E-state index contributed by atoms with van der Waals surface area (Å²) in [5, 5.41) is 1.32. The molecule has 2 aromatic carbocycles. The molecule has 1 saturated heterocycles. The zero-order valence-corrected chi connectivity index (χ0v) is 17.3. The van der Waals surface area contributed by atoms with Crippen LogP contribution in [0.3, 0.4) is 0 Å². The molecule has 0 aromatic heterocycles. The number of amides is 2. The first-order chi connectivity index (χ1) is 13.4. The third-order valence-electron chi connectivity index (χ3n) is 3.83. The van der Waals surface area contributed by atoms with Crippen LogP contribution in [0.5, 0.6) is 11.5 Å². The monoisotopic (exact) mass is 434 g/mol. The number of thiocarbonyl (C=S) groups is 1. The minimum atomic E-state index is -0.519. The van der Waals surface area contributed by atoms with Crippen molar-refractivity contribution in [2.24, 2.45) is 0 Å². The molecule has 0 atom stereocenters. The van der Waals surface area contributed by atoms with Crippen LogP contribution in [0, 0.1) is 0 Å². The number of hydrazine groups is 1. The van der Waals surface area contributed by atoms with Crippen LogP contribution in [0.15, 0.2) is 47.4 Å². The van der Waals surface area contributed by atoms with E-state index < -0.39 is 11.8 Å². The van der Waals surface area contributed by atoms with Crippen molar-refractivity contribution in [2.45, 2.75) is 0 Å². The number of carbonyl (C=O) groups is 2. The quantitative estimate of drug-likeness (QED) is 0.568. The topological polar surface area (TPSA) is 67.9 Å². The van der Waals surface area contributed by atoms with Crippen LogP contribution in [0.1, 0.15) is 15.9 Å². The number of nitrogens with one attached hydrogen (secondary N) is 1. The van der Waals surface area contributed by atoms with Crippen LogP contribution in [0.2, 0.25) is 5.02 Å². The van der Waals surface area contributed by atoms with Gasteiger partial charge in [0.1, 0.15) is 0 Å². The summed E-state index contributed by atoms with van der Waals surface area (Å²) in [5.74, 6) is 0.178. The van der Waals surface area contributed by atoms with Gasteiger partial charge in [0.2, 0.25) is 0 Å². The number of carbonyl (C=O) groups excluding carboxylic acids is 2. The normalized spacial score (nSPS) is 15.1. The highest BCUT2D eigenvalue weighted by Gasteiger charge is 2.34. The van der Waals surface area contributed by atoms with E-state index in [9.17, 15) is 9.59 Å². The molecule has 3 rings (SSSR count). The largest absolute Gasteiger partial charge is 0.493 e. The molecule has 0 aliphatic carbocycles. The van der Waals surface area contributed by atoms with Gasteiger partial charge >= 0.3 is 0 Å². The van der Waals surface area contributed by atoms with Crippen LogP contribution >= 0.6 is 35.6 Å². The number of nitrogens with zero attached hydrogens (tertiary/aromatic N) is 1. The summed E-state index contributed by atoms with van der Waals surface area (Å²) in [6.07, 6.45) is 1.67. The summed E-state index contributed by atoms with van der Waals surface area (Å²) >= 11 is 12.4. The Morgan fingerprint density at radius 1 is 1.18 bits per heavy atom. The molecule has 0 saturated carbocycles. The van der Waals surface area contributed by atoms with E-state index in [0.717, 1.165) is 22.3 Å². The van der Waals surface area contributed by atoms with E-state index in [4.69, 9.17) is 33.3 Å². The van der Waals surface area contributed by atoms with Gasteiger partial charge in [-0.1, -0.05) is 41.6 Å². The van der Waals surface area contributed by atoms with Crippen LogP contribution in [-0.2, 0) is 4.79 Å². The molecule has 0 unspecified atom stereocenters. The molecule has 1 fully saturated rings. The maximum atomic E-state index is 12.7.